The Labute approximate surface area is 165 Å². The number of nitrogens with two attached hydrogens (primary N) is 1. The minimum Gasteiger partial charge on any atom is -0.346 e. The van der Waals surface area contributed by atoms with Gasteiger partial charge >= 0.3 is 0 Å². The Balaban J connectivity index is 1.76. The highest BCUT2D eigenvalue weighted by Crippen LogP contribution is 2.17. The van der Waals surface area contributed by atoms with Gasteiger partial charge in [0.2, 0.25) is 5.91 Å². The number of hydrazine groups is 1. The van der Waals surface area contributed by atoms with E-state index in [1.165, 1.54) is 23.3 Å². The summed E-state index contributed by atoms with van der Waals surface area (Å²) in [7, 11) is 0. The molecule has 3 aromatic carbocycles. The molecule has 0 saturated carbocycles. The minimum absolute atomic E-state index is 0.114. The van der Waals surface area contributed by atoms with Gasteiger partial charge in [-0.3, -0.25) is 9.79 Å². The third-order valence-corrected chi connectivity index (χ3v) is 4.63. The number of fused-ring (bicyclic) bond motifs is 1. The molecule has 0 aliphatic rings. The largest absolute Gasteiger partial charge is 0.346 e. The van der Waals surface area contributed by atoms with Crippen molar-refractivity contribution in [2.45, 2.75) is 25.8 Å². The van der Waals surface area contributed by atoms with E-state index in [1.54, 1.807) is 0 Å². The van der Waals surface area contributed by atoms with Crippen LogP contribution in [0.15, 0.2) is 77.8 Å². The van der Waals surface area contributed by atoms with Crippen molar-refractivity contribution in [2.75, 3.05) is 6.54 Å². The molecular weight excluding hydrogens is 348 g/mol. The van der Waals surface area contributed by atoms with Crippen LogP contribution in [0.2, 0.25) is 0 Å². The number of aliphatic imine (C=N–C) groups is 1. The Morgan fingerprint density at radius 2 is 1.68 bits per heavy atom. The molecule has 0 heterocycles. The summed E-state index contributed by atoms with van der Waals surface area (Å²) in [6, 6.07) is 24.4. The first kappa shape index (κ1) is 19.6. The van der Waals surface area contributed by atoms with Gasteiger partial charge in [0.15, 0.2) is 0 Å². The third kappa shape index (κ3) is 5.41. The van der Waals surface area contributed by atoms with Crippen LogP contribution in [0.25, 0.3) is 10.8 Å². The zero-order valence-corrected chi connectivity index (χ0v) is 16.1. The minimum atomic E-state index is -0.306. The van der Waals surface area contributed by atoms with E-state index in [1.807, 2.05) is 30.3 Å². The van der Waals surface area contributed by atoms with E-state index in [9.17, 15) is 4.79 Å². The van der Waals surface area contributed by atoms with Crippen LogP contribution in [0.3, 0.4) is 0 Å². The smallest absolute Gasteiger partial charge is 0.217 e. The van der Waals surface area contributed by atoms with Crippen LogP contribution in [0, 0.1) is 0 Å². The summed E-state index contributed by atoms with van der Waals surface area (Å²) < 4.78 is 0. The second-order valence-electron chi connectivity index (χ2n) is 6.79. The first-order chi connectivity index (χ1) is 13.7. The number of rotatable bonds is 7. The van der Waals surface area contributed by atoms with Crippen molar-refractivity contribution in [3.05, 3.63) is 83.9 Å². The molecule has 0 saturated heterocycles. The van der Waals surface area contributed by atoms with Gasteiger partial charge in [0.05, 0.1) is 6.04 Å². The summed E-state index contributed by atoms with van der Waals surface area (Å²) in [5.74, 6) is 6.21. The molecule has 0 bridgehead atoms. The van der Waals surface area contributed by atoms with Gasteiger partial charge in [0, 0.05) is 13.5 Å². The normalized spacial score (nSPS) is 12.6. The number of carbonyl (C=O) groups excluding carboxylic acids is 1. The van der Waals surface area contributed by atoms with E-state index < -0.39 is 0 Å². The predicted octanol–water partition coefficient (Wildman–Crippen LogP) is 2.99. The molecule has 4 N–H and O–H groups in total. The molecule has 1 amide bonds. The molecule has 28 heavy (non-hydrogen) atoms. The number of nitrogens with one attached hydrogen (secondary N) is 2. The molecule has 0 aliphatic carbocycles. The van der Waals surface area contributed by atoms with E-state index in [0.29, 0.717) is 18.8 Å². The third-order valence-electron chi connectivity index (χ3n) is 4.63. The van der Waals surface area contributed by atoms with Gasteiger partial charge in [-0.25, -0.2) is 5.84 Å². The zero-order valence-electron chi connectivity index (χ0n) is 16.1. The Morgan fingerprint density at radius 3 is 2.39 bits per heavy atom. The Kier molecular flexibility index (Phi) is 6.76. The lowest BCUT2D eigenvalue weighted by molar-refractivity contribution is -0.119. The second-order valence-corrected chi connectivity index (χ2v) is 6.79. The van der Waals surface area contributed by atoms with E-state index in [-0.39, 0.29) is 11.9 Å². The quantitative estimate of drug-likeness (QED) is 0.257. The van der Waals surface area contributed by atoms with Crippen molar-refractivity contribution in [3.63, 3.8) is 0 Å². The highest BCUT2D eigenvalue weighted by Gasteiger charge is 2.17. The fraction of sp³-hybridized carbons (Fsp3) is 0.217. The van der Waals surface area contributed by atoms with E-state index in [2.05, 4.69) is 58.2 Å². The van der Waals surface area contributed by atoms with Gasteiger partial charge in [-0.1, -0.05) is 72.8 Å². The van der Waals surface area contributed by atoms with E-state index >= 15 is 0 Å². The molecule has 144 valence electrons. The molecule has 0 aromatic heterocycles. The fourth-order valence-corrected chi connectivity index (χ4v) is 3.27. The van der Waals surface area contributed by atoms with Crippen molar-refractivity contribution < 1.29 is 4.79 Å². The Morgan fingerprint density at radius 1 is 0.964 bits per heavy atom. The van der Waals surface area contributed by atoms with Gasteiger partial charge in [0.1, 0.15) is 5.84 Å². The predicted molar refractivity (Wildman–Crippen MR) is 115 cm³/mol. The molecule has 5 heteroatoms. The molecule has 0 aliphatic heterocycles. The van der Waals surface area contributed by atoms with Crippen LogP contribution in [0.5, 0.6) is 0 Å². The van der Waals surface area contributed by atoms with Crippen LogP contribution in [-0.2, 0) is 17.6 Å². The van der Waals surface area contributed by atoms with Crippen molar-refractivity contribution in [2.24, 2.45) is 10.8 Å². The lowest BCUT2D eigenvalue weighted by Gasteiger charge is -2.20. The highest BCUT2D eigenvalue weighted by atomic mass is 16.1. The zero-order chi connectivity index (χ0) is 19.8. The summed E-state index contributed by atoms with van der Waals surface area (Å²) in [5.41, 5.74) is 5.02. The number of nitrogens with zero attached hydrogens (tertiary/aromatic N) is 1. The molecule has 1 atom stereocenters. The maximum Gasteiger partial charge on any atom is 0.217 e. The van der Waals surface area contributed by atoms with Gasteiger partial charge in [-0.15, -0.1) is 0 Å². The second kappa shape index (κ2) is 9.67. The number of hydrogen-bond acceptors (Lipinski definition) is 3. The monoisotopic (exact) mass is 374 g/mol. The molecule has 0 spiro atoms. The van der Waals surface area contributed by atoms with Crippen molar-refractivity contribution in [3.8, 4) is 0 Å². The van der Waals surface area contributed by atoms with Gasteiger partial charge in [0.25, 0.3) is 0 Å². The molecule has 1 unspecified atom stereocenters. The topological polar surface area (TPSA) is 79.5 Å². The molecule has 3 rings (SSSR count). The molecule has 5 nitrogen and oxygen atoms in total. The summed E-state index contributed by atoms with van der Waals surface area (Å²) >= 11 is 0. The van der Waals surface area contributed by atoms with Gasteiger partial charge < -0.3 is 10.7 Å². The van der Waals surface area contributed by atoms with Gasteiger partial charge in [-0.05, 0) is 34.7 Å². The van der Waals surface area contributed by atoms with Crippen LogP contribution < -0.4 is 16.6 Å². The number of benzene rings is 3. The van der Waals surface area contributed by atoms with Crippen molar-refractivity contribution in [1.82, 2.24) is 10.7 Å². The molecular formula is C23H26N4O. The Bertz CT molecular complexity index is 953. The van der Waals surface area contributed by atoms with Crippen molar-refractivity contribution in [1.29, 1.82) is 0 Å². The van der Waals surface area contributed by atoms with Gasteiger partial charge in [-0.2, -0.15) is 0 Å². The summed E-state index contributed by atoms with van der Waals surface area (Å²) in [6.07, 6.45) is 1.42. The maximum atomic E-state index is 11.7. The molecule has 0 fully saturated rings. The number of amides is 1. The Hall–Kier alpha value is -3.18. The van der Waals surface area contributed by atoms with Crippen LogP contribution in [0.4, 0.5) is 0 Å². The fourth-order valence-electron chi connectivity index (χ4n) is 3.27. The van der Waals surface area contributed by atoms with Crippen LogP contribution in [-0.4, -0.2) is 24.3 Å². The van der Waals surface area contributed by atoms with Crippen LogP contribution in [0.1, 0.15) is 18.1 Å². The standard InChI is InChI=1S/C23H26N4O/c1-17(28)26-22(16-19-11-12-20-9-5-6-10-21(20)15-19)23(27-24)25-14-13-18-7-3-2-4-8-18/h2-12,15,22H,13-14,16,24H2,1H3,(H,25,27)(H,26,28). The SMILES string of the molecule is CC(=O)NC(Cc1ccc2ccccc2c1)C(=NCCc1ccccc1)NN. The first-order valence-corrected chi connectivity index (χ1v) is 9.45. The highest BCUT2D eigenvalue weighted by molar-refractivity contribution is 5.91. The molecule has 0 radical (unpaired) electrons. The van der Waals surface area contributed by atoms with E-state index in [4.69, 9.17) is 5.84 Å². The van der Waals surface area contributed by atoms with E-state index in [0.717, 1.165) is 12.0 Å². The average molecular weight is 374 g/mol. The number of amidine groups is 1. The lowest BCUT2D eigenvalue weighted by Crippen LogP contribution is -2.49. The number of carbonyl (C=O) groups is 1. The first-order valence-electron chi connectivity index (χ1n) is 9.45. The summed E-state index contributed by atoms with van der Waals surface area (Å²) in [5, 5.41) is 5.33. The number of hydrogen-bond donors (Lipinski definition) is 3. The average Bonchev–Trinajstić information content (AvgIpc) is 2.71. The molecule has 3 aromatic rings. The van der Waals surface area contributed by atoms with Crippen LogP contribution >= 0.6 is 0 Å². The lowest BCUT2D eigenvalue weighted by atomic mass is 10.0. The summed E-state index contributed by atoms with van der Waals surface area (Å²) in [6.45, 7) is 2.10. The summed E-state index contributed by atoms with van der Waals surface area (Å²) in [4.78, 5) is 16.4. The van der Waals surface area contributed by atoms with Crippen molar-refractivity contribution >= 4 is 22.5 Å². The maximum absolute atomic E-state index is 11.7.